The van der Waals surface area contributed by atoms with E-state index < -0.39 is 20.0 Å². The number of likely N-dealkylation sites (N-methyl/N-ethyl adjacent to an activating group) is 1. The van der Waals surface area contributed by atoms with Crippen LogP contribution in [0.2, 0.25) is 0 Å². The van der Waals surface area contributed by atoms with E-state index in [0.717, 1.165) is 77.0 Å². The van der Waals surface area contributed by atoms with Gasteiger partial charge in [0.25, 0.3) is 7.82 Å². The molecule has 1 N–H and O–H groups in total. The van der Waals surface area contributed by atoms with Gasteiger partial charge in [-0.15, -0.1) is 0 Å². The van der Waals surface area contributed by atoms with Crippen LogP contribution in [-0.4, -0.2) is 69.4 Å². The molecule has 0 radical (unpaired) electrons. The van der Waals surface area contributed by atoms with Crippen LogP contribution >= 0.6 is 7.82 Å². The van der Waals surface area contributed by atoms with E-state index in [9.17, 15) is 19.0 Å². The fourth-order valence-corrected chi connectivity index (χ4v) is 8.95. The molecule has 0 bridgehead atoms. The second-order valence-corrected chi connectivity index (χ2v) is 21.9. The third-order valence-corrected chi connectivity index (χ3v) is 13.6. The Morgan fingerprint density at radius 2 is 0.879 bits per heavy atom. The van der Waals surface area contributed by atoms with Crippen molar-refractivity contribution in [1.29, 1.82) is 0 Å². The predicted molar refractivity (Wildman–Crippen MR) is 280 cm³/mol. The minimum absolute atomic E-state index is 0.0208. The summed E-state index contributed by atoms with van der Waals surface area (Å²) in [6.45, 7) is 6.84. The monoisotopic (exact) mass is 953 g/mol. The predicted octanol–water partition coefficient (Wildman–Crippen LogP) is 16.0. The normalized spacial score (nSPS) is 14.0. The molecule has 66 heavy (non-hydrogen) atoms. The van der Waals surface area contributed by atoms with Gasteiger partial charge in [-0.25, -0.2) is 0 Å². The Morgan fingerprint density at radius 1 is 0.515 bits per heavy atom. The quantitative estimate of drug-likeness (QED) is 0.0212. The van der Waals surface area contributed by atoms with Crippen LogP contribution in [0.25, 0.3) is 0 Å². The lowest BCUT2D eigenvalue weighted by atomic mass is 10.0. The zero-order valence-electron chi connectivity index (χ0n) is 44.4. The fourth-order valence-electron chi connectivity index (χ4n) is 8.22. The topological polar surface area (TPSA) is 114 Å². The van der Waals surface area contributed by atoms with Crippen molar-refractivity contribution in [2.75, 3.05) is 40.9 Å². The number of carbonyl (C=O) groups excluding carboxylic acids is 2. The van der Waals surface area contributed by atoms with Crippen molar-refractivity contribution < 1.29 is 37.3 Å². The summed E-state index contributed by atoms with van der Waals surface area (Å²) in [5.41, 5.74) is 0. The third kappa shape index (κ3) is 47.6. The molecule has 0 aliphatic carbocycles. The minimum atomic E-state index is -4.69. The van der Waals surface area contributed by atoms with E-state index in [4.69, 9.17) is 13.8 Å². The Morgan fingerprint density at radius 3 is 1.29 bits per heavy atom. The maximum absolute atomic E-state index is 13.5. The first-order valence-corrected chi connectivity index (χ1v) is 29.6. The number of amides is 1. The van der Waals surface area contributed by atoms with Gasteiger partial charge in [0.1, 0.15) is 19.3 Å². The smallest absolute Gasteiger partial charge is 0.306 e. The maximum Gasteiger partial charge on any atom is 0.306 e. The molecule has 390 valence electrons. The summed E-state index contributed by atoms with van der Waals surface area (Å²) < 4.78 is 30.2. The maximum atomic E-state index is 13.5. The van der Waals surface area contributed by atoms with Crippen LogP contribution in [0.4, 0.5) is 0 Å². The molecule has 3 atom stereocenters. The van der Waals surface area contributed by atoms with E-state index >= 15 is 0 Å². The zero-order chi connectivity index (χ0) is 48.7. The van der Waals surface area contributed by atoms with E-state index in [1.54, 1.807) is 0 Å². The number of hydrogen-bond acceptors (Lipinski definition) is 7. The third-order valence-electron chi connectivity index (χ3n) is 12.6. The fraction of sp³-hybridized carbons (Fsp3) is 0.893. The van der Waals surface area contributed by atoms with Crippen molar-refractivity contribution in [1.82, 2.24) is 5.32 Å². The largest absolute Gasteiger partial charge is 0.756 e. The number of allylic oxidation sites excluding steroid dienone is 3. The van der Waals surface area contributed by atoms with Gasteiger partial charge in [-0.2, -0.15) is 0 Å². The van der Waals surface area contributed by atoms with E-state index in [0.29, 0.717) is 17.4 Å². The number of phosphoric ester groups is 1. The average Bonchev–Trinajstić information content (AvgIpc) is 3.27. The Hall–Kier alpha value is -1.51. The van der Waals surface area contributed by atoms with E-state index in [1.807, 2.05) is 33.3 Å². The minimum Gasteiger partial charge on any atom is -0.756 e. The second-order valence-electron chi connectivity index (χ2n) is 20.4. The molecular weight excluding hydrogens is 844 g/mol. The second kappa shape index (κ2) is 47.2. The number of nitrogens with one attached hydrogen (secondary N) is 1. The lowest BCUT2D eigenvalue weighted by molar-refractivity contribution is -0.870. The van der Waals surface area contributed by atoms with Gasteiger partial charge in [0.2, 0.25) is 5.91 Å². The highest BCUT2D eigenvalue weighted by Crippen LogP contribution is 2.38. The molecule has 10 heteroatoms. The van der Waals surface area contributed by atoms with Crippen molar-refractivity contribution in [2.45, 2.75) is 283 Å². The summed E-state index contributed by atoms with van der Waals surface area (Å²) in [5.74, 6) is -0.541. The molecule has 0 rings (SSSR count). The van der Waals surface area contributed by atoms with E-state index in [2.05, 4.69) is 38.2 Å². The molecule has 1 amide bonds. The zero-order valence-corrected chi connectivity index (χ0v) is 45.3. The average molecular weight is 953 g/mol. The molecule has 0 aromatic carbocycles. The van der Waals surface area contributed by atoms with Gasteiger partial charge in [-0.3, -0.25) is 14.2 Å². The molecule has 3 unspecified atom stereocenters. The van der Waals surface area contributed by atoms with Crippen LogP contribution in [-0.2, 0) is 27.9 Å². The summed E-state index contributed by atoms with van der Waals surface area (Å²) >= 11 is 0. The Labute approximate surface area is 409 Å². The first kappa shape index (κ1) is 64.5. The highest BCUT2D eigenvalue weighted by molar-refractivity contribution is 7.45. The van der Waals surface area contributed by atoms with Crippen molar-refractivity contribution in [3.05, 3.63) is 24.3 Å². The van der Waals surface area contributed by atoms with Crippen molar-refractivity contribution >= 4 is 19.7 Å². The van der Waals surface area contributed by atoms with Gasteiger partial charge < -0.3 is 28.5 Å². The summed E-state index contributed by atoms with van der Waals surface area (Å²) in [6.07, 6.45) is 52.8. The molecule has 0 spiro atoms. The van der Waals surface area contributed by atoms with Crippen molar-refractivity contribution in [3.8, 4) is 0 Å². The highest BCUT2D eigenvalue weighted by Gasteiger charge is 2.27. The van der Waals surface area contributed by atoms with Crippen LogP contribution in [0.5, 0.6) is 0 Å². The number of rotatable bonds is 51. The number of unbranched alkanes of at least 4 members (excludes halogenated alkanes) is 33. The molecule has 0 aromatic heterocycles. The van der Waals surface area contributed by atoms with E-state index in [1.165, 1.54) is 161 Å². The SMILES string of the molecule is CCCCCCCCC/C=C/CCCCCCCC(=O)NC(COP(=O)([O-])OCC[N+](C)(C)C)C(/C=C/CCCCCCCCCCCCC)OC(=O)CCCCCCCCCCCCC. The van der Waals surface area contributed by atoms with Crippen LogP contribution < -0.4 is 10.2 Å². The van der Waals surface area contributed by atoms with Gasteiger partial charge in [-0.05, 0) is 57.4 Å². The van der Waals surface area contributed by atoms with E-state index in [-0.39, 0.29) is 31.5 Å². The molecule has 0 saturated heterocycles. The lowest BCUT2D eigenvalue weighted by Crippen LogP contribution is -2.47. The number of esters is 1. The molecule has 0 heterocycles. The number of ether oxygens (including phenoxy) is 1. The lowest BCUT2D eigenvalue weighted by Gasteiger charge is -2.30. The molecule has 0 fully saturated rings. The number of carbonyl (C=O) groups is 2. The molecule has 0 aromatic rings. The molecule has 0 aliphatic heterocycles. The molecular formula is C56H109N2O7P. The Kier molecular flexibility index (Phi) is 46.1. The Bertz CT molecular complexity index is 1190. The van der Waals surface area contributed by atoms with Gasteiger partial charge >= 0.3 is 5.97 Å². The number of nitrogens with zero attached hydrogens (tertiary/aromatic N) is 1. The van der Waals surface area contributed by atoms with Gasteiger partial charge in [-0.1, -0.05) is 225 Å². The van der Waals surface area contributed by atoms with Crippen molar-refractivity contribution in [2.24, 2.45) is 0 Å². The summed E-state index contributed by atoms with van der Waals surface area (Å²) in [4.78, 5) is 39.7. The van der Waals surface area contributed by atoms with Crippen molar-refractivity contribution in [3.63, 3.8) is 0 Å². The standard InChI is InChI=1S/C56H109N2O7P/c1-7-10-13-16-19-22-25-27-28-29-31-34-36-39-42-45-48-55(59)57-53(52-64-66(61,62)63-51-50-58(4,5)6)54(47-44-41-38-35-33-30-26-23-20-17-14-11-8-2)65-56(60)49-46-43-40-37-32-24-21-18-15-12-9-3/h28-29,44,47,53-54H,7-27,30-43,45-46,48-52H2,1-6H3,(H-,57,59,61,62)/b29-28+,47-44+. The van der Waals surface area contributed by atoms with Crippen LogP contribution in [0.3, 0.4) is 0 Å². The number of phosphoric acid groups is 1. The highest BCUT2D eigenvalue weighted by atomic mass is 31.2. The van der Waals surface area contributed by atoms with Crippen LogP contribution in [0.15, 0.2) is 24.3 Å². The summed E-state index contributed by atoms with van der Waals surface area (Å²) in [5, 5.41) is 3.02. The first-order chi connectivity index (χ1) is 31.9. The van der Waals surface area contributed by atoms with Gasteiger partial charge in [0.15, 0.2) is 0 Å². The van der Waals surface area contributed by atoms with Gasteiger partial charge in [0.05, 0.1) is 33.8 Å². The Balaban J connectivity index is 5.36. The summed E-state index contributed by atoms with van der Waals surface area (Å²) in [6, 6.07) is -0.885. The summed E-state index contributed by atoms with van der Waals surface area (Å²) in [7, 11) is 1.19. The van der Waals surface area contributed by atoms with Crippen LogP contribution in [0, 0.1) is 0 Å². The molecule has 9 nitrogen and oxygen atoms in total. The molecule has 0 aliphatic rings. The van der Waals surface area contributed by atoms with Crippen LogP contribution in [0.1, 0.15) is 271 Å². The number of quaternary nitrogens is 1. The molecule has 0 saturated carbocycles. The van der Waals surface area contributed by atoms with Gasteiger partial charge in [0, 0.05) is 12.8 Å². The number of hydrogen-bond donors (Lipinski definition) is 1. The first-order valence-electron chi connectivity index (χ1n) is 28.1.